The Morgan fingerprint density at radius 3 is 2.89 bits per heavy atom. The molecular weight excluding hydrogens is 354 g/mol. The molecule has 1 fully saturated rings. The number of anilines is 3. The van der Waals surface area contributed by atoms with Crippen LogP contribution >= 0.6 is 0 Å². The van der Waals surface area contributed by atoms with Gasteiger partial charge in [0.25, 0.3) is 0 Å². The Kier molecular flexibility index (Phi) is 4.45. The fraction of sp³-hybridized carbons (Fsp3) is 0.409. The molecule has 1 atom stereocenters. The number of methoxy groups -OCH3 is 1. The Balaban J connectivity index is 1.67. The molecule has 1 saturated heterocycles. The van der Waals surface area contributed by atoms with Crippen molar-refractivity contribution in [3.8, 4) is 0 Å². The molecule has 5 rings (SSSR count). The van der Waals surface area contributed by atoms with E-state index in [4.69, 9.17) is 9.57 Å². The molecule has 0 saturated carbocycles. The molecule has 0 aromatic heterocycles. The summed E-state index contributed by atoms with van der Waals surface area (Å²) < 4.78 is 5.20. The third-order valence-corrected chi connectivity index (χ3v) is 5.92. The molecule has 1 unspecified atom stereocenters. The van der Waals surface area contributed by atoms with Crippen LogP contribution in [0.1, 0.15) is 52.4 Å². The summed E-state index contributed by atoms with van der Waals surface area (Å²) in [6.07, 6.45) is 3.39. The second-order valence-electron chi connectivity index (χ2n) is 7.59. The van der Waals surface area contributed by atoms with Gasteiger partial charge >= 0.3 is 0 Å². The minimum atomic E-state index is -0.258. The van der Waals surface area contributed by atoms with Crippen LogP contribution in [0.15, 0.2) is 30.3 Å². The highest BCUT2D eigenvalue weighted by Crippen LogP contribution is 2.51. The van der Waals surface area contributed by atoms with Crippen molar-refractivity contribution in [3.05, 3.63) is 52.6 Å². The van der Waals surface area contributed by atoms with Crippen molar-refractivity contribution < 1.29 is 14.4 Å². The van der Waals surface area contributed by atoms with Crippen molar-refractivity contribution >= 4 is 22.8 Å². The van der Waals surface area contributed by atoms with E-state index in [0.29, 0.717) is 13.2 Å². The van der Waals surface area contributed by atoms with E-state index in [2.05, 4.69) is 21.8 Å². The topological polar surface area (TPSA) is 62.8 Å². The highest BCUT2D eigenvalue weighted by molar-refractivity contribution is 6.18. The number of rotatable bonds is 5. The molecule has 1 aliphatic carbocycles. The summed E-state index contributed by atoms with van der Waals surface area (Å²) in [5, 5.41) is 3.43. The van der Waals surface area contributed by atoms with Crippen LogP contribution in [0.3, 0.4) is 0 Å². The molecule has 2 aromatic rings. The van der Waals surface area contributed by atoms with Crippen molar-refractivity contribution in [1.82, 2.24) is 0 Å². The Morgan fingerprint density at radius 2 is 2.07 bits per heavy atom. The van der Waals surface area contributed by atoms with Crippen LogP contribution in [0.4, 0.5) is 17.1 Å². The van der Waals surface area contributed by atoms with Crippen LogP contribution in [-0.2, 0) is 9.57 Å². The molecule has 6 heteroatoms. The van der Waals surface area contributed by atoms with Gasteiger partial charge in [0, 0.05) is 43.6 Å². The Bertz CT molecular complexity index is 921. The van der Waals surface area contributed by atoms with Gasteiger partial charge < -0.3 is 15.0 Å². The van der Waals surface area contributed by atoms with Crippen LogP contribution in [0, 0.1) is 0 Å². The summed E-state index contributed by atoms with van der Waals surface area (Å²) in [4.78, 5) is 21.8. The summed E-state index contributed by atoms with van der Waals surface area (Å²) in [5.74, 6) is 0.0560. The predicted octanol–water partition coefficient (Wildman–Crippen LogP) is 3.73. The highest BCUT2D eigenvalue weighted by Gasteiger charge is 2.41. The van der Waals surface area contributed by atoms with E-state index < -0.39 is 0 Å². The first kappa shape index (κ1) is 17.5. The Labute approximate surface area is 164 Å². The first-order valence-corrected chi connectivity index (χ1v) is 10.0. The van der Waals surface area contributed by atoms with Crippen LogP contribution in [0.5, 0.6) is 0 Å². The van der Waals surface area contributed by atoms with Gasteiger partial charge in [0.05, 0.1) is 23.5 Å². The minimum absolute atomic E-state index is 0.0560. The molecule has 2 N–H and O–H groups in total. The normalized spacial score (nSPS) is 19.8. The van der Waals surface area contributed by atoms with Crippen LogP contribution in [0.2, 0.25) is 0 Å². The summed E-state index contributed by atoms with van der Waals surface area (Å²) in [5.41, 5.74) is 9.43. The van der Waals surface area contributed by atoms with E-state index in [1.165, 1.54) is 19.3 Å². The van der Waals surface area contributed by atoms with Gasteiger partial charge in [-0.25, -0.2) is 0 Å². The number of ether oxygens (including phenoxy) is 1. The van der Waals surface area contributed by atoms with Gasteiger partial charge in [0.15, 0.2) is 5.78 Å². The molecule has 3 aliphatic rings. The van der Waals surface area contributed by atoms with Crippen LogP contribution < -0.4 is 15.7 Å². The molecular formula is C22H25N3O3. The molecule has 0 bridgehead atoms. The average molecular weight is 379 g/mol. The van der Waals surface area contributed by atoms with Crippen molar-refractivity contribution in [1.29, 1.82) is 0 Å². The molecule has 0 spiro atoms. The van der Waals surface area contributed by atoms with Crippen molar-refractivity contribution in [2.75, 3.05) is 49.0 Å². The lowest BCUT2D eigenvalue weighted by Gasteiger charge is -2.32. The smallest absolute Gasteiger partial charge is 0.195 e. The minimum Gasteiger partial charge on any atom is -0.383 e. The molecule has 2 heterocycles. The number of nitrogens with one attached hydrogen (secondary N) is 2. The largest absolute Gasteiger partial charge is 0.383 e. The van der Waals surface area contributed by atoms with Gasteiger partial charge in [-0.1, -0.05) is 24.3 Å². The van der Waals surface area contributed by atoms with Gasteiger partial charge in [-0.15, -0.1) is 0 Å². The summed E-state index contributed by atoms with van der Waals surface area (Å²) in [6, 6.07) is 9.86. The van der Waals surface area contributed by atoms with Crippen LogP contribution in [-0.4, -0.2) is 39.1 Å². The predicted molar refractivity (Wildman–Crippen MR) is 109 cm³/mol. The molecule has 0 radical (unpaired) electrons. The number of hydrogen-bond donors (Lipinski definition) is 2. The number of ketones is 1. The Hall–Kier alpha value is -2.57. The zero-order valence-corrected chi connectivity index (χ0v) is 16.1. The van der Waals surface area contributed by atoms with Gasteiger partial charge in [-0.2, -0.15) is 0 Å². The maximum atomic E-state index is 13.4. The number of nitrogens with zero attached hydrogens (tertiary/aromatic N) is 1. The number of hydrogen-bond acceptors (Lipinski definition) is 6. The number of piperidine rings is 1. The molecule has 6 nitrogen and oxygen atoms in total. The quantitative estimate of drug-likeness (QED) is 0.772. The molecule has 28 heavy (non-hydrogen) atoms. The molecule has 0 amide bonds. The van der Waals surface area contributed by atoms with Crippen molar-refractivity contribution in [2.45, 2.75) is 25.4 Å². The first-order chi connectivity index (χ1) is 13.8. The van der Waals surface area contributed by atoms with E-state index in [-0.39, 0.29) is 11.9 Å². The summed E-state index contributed by atoms with van der Waals surface area (Å²) in [6.45, 7) is 3.29. The monoisotopic (exact) mass is 379 g/mol. The zero-order chi connectivity index (χ0) is 19.1. The van der Waals surface area contributed by atoms with Crippen molar-refractivity contribution in [2.24, 2.45) is 0 Å². The first-order valence-electron chi connectivity index (χ1n) is 10.0. The van der Waals surface area contributed by atoms with Crippen molar-refractivity contribution in [3.63, 3.8) is 0 Å². The van der Waals surface area contributed by atoms with Gasteiger partial charge in [-0.3, -0.25) is 15.1 Å². The number of fused-ring (bicyclic) bond motifs is 2. The van der Waals surface area contributed by atoms with E-state index in [1.807, 2.05) is 24.3 Å². The standard InChI is InChI=1S/C22H25N3O3/c1-27-12-9-23-16-13-17(25-10-5-2-6-11-25)20-19-18(16)21(26)14-7-3-4-8-15(14)22(19)28-24-20/h3-4,7-8,13,22-24H,2,5-6,9-12H2,1H3. The zero-order valence-electron chi connectivity index (χ0n) is 16.1. The second-order valence-corrected chi connectivity index (χ2v) is 7.59. The van der Waals surface area contributed by atoms with E-state index >= 15 is 0 Å². The van der Waals surface area contributed by atoms with E-state index in [0.717, 1.165) is 52.4 Å². The number of carbonyl (C=O) groups is 1. The van der Waals surface area contributed by atoms with E-state index in [1.54, 1.807) is 7.11 Å². The average Bonchev–Trinajstić information content (AvgIpc) is 3.18. The maximum absolute atomic E-state index is 13.4. The lowest BCUT2D eigenvalue weighted by molar-refractivity contribution is 0.101. The Morgan fingerprint density at radius 1 is 1.25 bits per heavy atom. The van der Waals surface area contributed by atoms with Gasteiger partial charge in [-0.05, 0) is 30.9 Å². The van der Waals surface area contributed by atoms with Gasteiger partial charge in [0.1, 0.15) is 6.10 Å². The lowest BCUT2D eigenvalue weighted by atomic mass is 9.81. The summed E-state index contributed by atoms with van der Waals surface area (Å²) in [7, 11) is 1.68. The fourth-order valence-electron chi connectivity index (χ4n) is 4.58. The third-order valence-electron chi connectivity index (χ3n) is 5.92. The second kappa shape index (κ2) is 7.11. The lowest BCUT2D eigenvalue weighted by Crippen LogP contribution is -2.30. The molecule has 146 valence electrons. The highest BCUT2D eigenvalue weighted by atomic mass is 16.7. The van der Waals surface area contributed by atoms with Gasteiger partial charge in [0.2, 0.25) is 0 Å². The summed E-state index contributed by atoms with van der Waals surface area (Å²) >= 11 is 0. The fourth-order valence-corrected chi connectivity index (χ4v) is 4.58. The molecule has 2 aromatic carbocycles. The maximum Gasteiger partial charge on any atom is 0.195 e. The third kappa shape index (κ3) is 2.67. The number of benzene rings is 2. The van der Waals surface area contributed by atoms with Crippen LogP contribution in [0.25, 0.3) is 0 Å². The SMILES string of the molecule is COCCNc1cc(N2CCCCC2)c2c3c1C(=O)c1ccccc1C3ON2. The van der Waals surface area contributed by atoms with E-state index in [9.17, 15) is 4.79 Å². The number of carbonyl (C=O) groups excluding carboxylic acids is 1. The molecule has 2 aliphatic heterocycles.